The van der Waals surface area contributed by atoms with E-state index in [4.69, 9.17) is 11.5 Å². The highest BCUT2D eigenvalue weighted by atomic mass is 32.1. The van der Waals surface area contributed by atoms with Crippen molar-refractivity contribution in [3.63, 3.8) is 0 Å². The van der Waals surface area contributed by atoms with Crippen molar-refractivity contribution in [3.8, 4) is 5.75 Å². The number of carboxylic acids is 1. The van der Waals surface area contributed by atoms with Crippen molar-refractivity contribution in [2.45, 2.75) is 153 Å². The quantitative estimate of drug-likeness (QED) is 0.0290. The molecule has 2 aromatic carbocycles. The van der Waals surface area contributed by atoms with Gasteiger partial charge in [0.25, 0.3) is 0 Å². The molecule has 0 aliphatic carbocycles. The van der Waals surface area contributed by atoms with Crippen LogP contribution in [0.1, 0.15) is 96.6 Å². The zero-order chi connectivity index (χ0) is 66.1. The molecule has 0 spiro atoms. The normalized spacial score (nSPS) is 23.3. The number of amides is 11. The van der Waals surface area contributed by atoms with Crippen LogP contribution in [0.15, 0.2) is 53.5 Å². The number of hydrogen-bond acceptors (Lipinski definition) is 16. The number of nitrogens with zero attached hydrogens (tertiary/aromatic N) is 3. The zero-order valence-electron chi connectivity index (χ0n) is 50.6. The number of nitrogens with one attached hydrogen (secondary N) is 9. The number of carbonyl (C=O) groups is 12. The largest absolute Gasteiger partial charge is 0.505 e. The Morgan fingerprint density at radius 3 is 2.12 bits per heavy atom. The summed E-state index contributed by atoms with van der Waals surface area (Å²) in [5.74, 6) is -14.8. The number of thiol groups is 1. The van der Waals surface area contributed by atoms with Crippen LogP contribution in [0.5, 0.6) is 5.75 Å². The van der Waals surface area contributed by atoms with Crippen LogP contribution in [0.3, 0.4) is 0 Å². The van der Waals surface area contributed by atoms with Crippen LogP contribution in [0.2, 0.25) is 0 Å². The Kier molecular flexibility index (Phi) is 29.5. The van der Waals surface area contributed by atoms with E-state index in [1.165, 1.54) is 13.1 Å². The fraction of sp³-hybridized carbons (Fsp3) is 0.569. The number of carboxylic acid groups (broad SMARTS) is 1. The zero-order valence-corrected chi connectivity index (χ0v) is 51.4. The lowest BCUT2D eigenvalue weighted by Gasteiger charge is -2.31. The molecule has 11 amide bonds. The van der Waals surface area contributed by atoms with E-state index < -0.39 is 175 Å². The number of aliphatic imine (C=N–C) groups is 1. The number of halogens is 1. The van der Waals surface area contributed by atoms with Gasteiger partial charge < -0.3 is 84.4 Å². The predicted molar refractivity (Wildman–Crippen MR) is 324 cm³/mol. The lowest BCUT2D eigenvalue weighted by Crippen LogP contribution is -2.60. The van der Waals surface area contributed by atoms with E-state index in [2.05, 4.69) is 65.5 Å². The van der Waals surface area contributed by atoms with Crippen LogP contribution in [0, 0.1) is 17.7 Å². The van der Waals surface area contributed by atoms with Gasteiger partial charge in [-0.15, -0.1) is 0 Å². The second-order valence-electron chi connectivity index (χ2n) is 22.3. The highest BCUT2D eigenvalue weighted by Gasteiger charge is 2.41. The van der Waals surface area contributed by atoms with Crippen LogP contribution < -0.4 is 59.3 Å². The fourth-order valence-corrected chi connectivity index (χ4v) is 10.0. The van der Waals surface area contributed by atoms with Gasteiger partial charge in [0.1, 0.15) is 54.4 Å². The molecule has 89 heavy (non-hydrogen) atoms. The minimum atomic E-state index is -1.86. The molecule has 10 atom stereocenters. The molecular weight excluding hydrogens is 1180 g/mol. The summed E-state index contributed by atoms with van der Waals surface area (Å²) in [7, 11) is 1.27. The molecule has 2 aromatic rings. The summed E-state index contributed by atoms with van der Waals surface area (Å²) in [5, 5.41) is 53.1. The molecule has 29 nitrogen and oxygen atoms in total. The first-order valence-corrected chi connectivity index (χ1v) is 30.0. The van der Waals surface area contributed by atoms with Gasteiger partial charge in [-0.3, -0.25) is 57.7 Å². The molecular formula is C58H85FN14O15S. The summed E-state index contributed by atoms with van der Waals surface area (Å²) in [6, 6.07) is -1.86. The third-order valence-corrected chi connectivity index (χ3v) is 15.4. The van der Waals surface area contributed by atoms with E-state index in [0.717, 1.165) is 21.9 Å². The van der Waals surface area contributed by atoms with E-state index in [9.17, 15) is 77.2 Å². The number of aliphatic hydroxyl groups is 1. The monoisotopic (exact) mass is 1270 g/mol. The standard InChI is InChI=1S/C58H85FN14O15S/c1-6-32(4)23-45(76)65-36-15-10-20-62-52(82)43(26-33-13-8-7-9-14-33)72(5)55(85)40(29-74)70-51(81)41(30-89)67-46(77)27-39(56(86)73-22-12-17-42(73)53(83)68-37(57(87)88)16-11-21-63-58(60)61)66-47(78)28-64-54(84)48(31(2)3)71-50(80)38(69-49(36)79)25-34-18-19-44(75)35(59)24-34/h7-9,13-14,18-19,24,31-32,36-43,48,74-75,89H,6,10-12,15-17,20-23,25-30H2,1-5H3,(H,62,82)(H,64,84)(H,65,76)(H,66,78)(H,67,77)(H,68,83)(H,69,79)(H,70,81)(H,71,80)(H,87,88)(H4,60,61,63)/t32-,36-,37-,38-,39-,40-,41-,42-,43-,48-/m0/s1. The van der Waals surface area contributed by atoms with Crippen molar-refractivity contribution in [2.24, 2.45) is 28.3 Å². The average Bonchev–Trinajstić information content (AvgIpc) is 2.81. The van der Waals surface area contributed by atoms with Crippen LogP contribution in [-0.2, 0) is 70.4 Å². The molecule has 0 radical (unpaired) electrons. The maximum Gasteiger partial charge on any atom is 0.326 e. The van der Waals surface area contributed by atoms with Gasteiger partial charge in [0.15, 0.2) is 17.5 Å². The number of guanidine groups is 1. The number of hydrogen-bond donors (Lipinski definition) is 15. The number of aromatic hydroxyl groups is 1. The van der Waals surface area contributed by atoms with Crippen molar-refractivity contribution in [2.75, 3.05) is 45.6 Å². The Labute approximate surface area is 520 Å². The summed E-state index contributed by atoms with van der Waals surface area (Å²) in [5.41, 5.74) is 11.4. The number of carbonyl (C=O) groups excluding carboxylic acids is 11. The highest BCUT2D eigenvalue weighted by molar-refractivity contribution is 7.80. The summed E-state index contributed by atoms with van der Waals surface area (Å²) < 4.78 is 14.8. The number of rotatable bonds is 19. The molecule has 2 fully saturated rings. The first kappa shape index (κ1) is 72.9. The molecule has 0 bridgehead atoms. The first-order chi connectivity index (χ1) is 42.2. The smallest absolute Gasteiger partial charge is 0.326 e. The van der Waals surface area contributed by atoms with Gasteiger partial charge in [-0.25, -0.2) is 9.18 Å². The van der Waals surface area contributed by atoms with Crippen molar-refractivity contribution in [3.05, 3.63) is 65.5 Å². The Morgan fingerprint density at radius 1 is 0.809 bits per heavy atom. The third kappa shape index (κ3) is 23.1. The molecule has 16 N–H and O–H groups in total. The van der Waals surface area contributed by atoms with E-state index in [-0.39, 0.29) is 88.4 Å². The van der Waals surface area contributed by atoms with Crippen molar-refractivity contribution < 1.29 is 77.2 Å². The van der Waals surface area contributed by atoms with Gasteiger partial charge in [-0.05, 0) is 73.6 Å². The van der Waals surface area contributed by atoms with Gasteiger partial charge in [-0.2, -0.15) is 12.6 Å². The van der Waals surface area contributed by atoms with Gasteiger partial charge in [0.2, 0.25) is 65.0 Å². The predicted octanol–water partition coefficient (Wildman–Crippen LogP) is -2.90. The molecule has 490 valence electrons. The summed E-state index contributed by atoms with van der Waals surface area (Å²) in [6.07, 6.45) is -0.683. The van der Waals surface area contributed by atoms with Gasteiger partial charge in [0, 0.05) is 51.7 Å². The molecule has 2 aliphatic heterocycles. The number of phenolic OH excluding ortho intramolecular Hbond substituents is 1. The Hall–Kier alpha value is -8.61. The Balaban J connectivity index is 1.78. The molecule has 2 heterocycles. The SMILES string of the molecule is CC[C@H](C)CC(=O)N[C@H]1CCCNC(=O)[C@H](Cc2ccccc2)N(C)C(=O)[C@H](CO)NC(=O)[C@H](CS)NC(=O)C[C@@H](C(=O)N2CCC[C@H]2C(=O)N[C@@H](CCCN=C(N)N)C(=O)O)NC(=O)CNC(=O)[C@H](C(C)C)NC(=O)[C@H](Cc2ccc(O)c(F)c2)NC1=O. The number of aliphatic carboxylic acids is 1. The van der Waals surface area contributed by atoms with Crippen LogP contribution in [-0.4, -0.2) is 202 Å². The highest BCUT2D eigenvalue weighted by Crippen LogP contribution is 2.22. The fourth-order valence-electron chi connectivity index (χ4n) is 9.79. The number of aliphatic hydroxyl groups excluding tert-OH is 1. The van der Waals surface area contributed by atoms with E-state index in [1.54, 1.807) is 44.2 Å². The third-order valence-electron chi connectivity index (χ3n) is 15.0. The molecule has 0 saturated carbocycles. The number of likely N-dealkylation sites (N-methyl/N-ethyl adjacent to an activating group) is 1. The molecule has 0 unspecified atom stereocenters. The molecule has 2 saturated heterocycles. The minimum Gasteiger partial charge on any atom is -0.505 e. The number of nitrogens with two attached hydrogens (primary N) is 2. The first-order valence-electron chi connectivity index (χ1n) is 29.4. The topological polar surface area (TPSA) is 445 Å². The maximum absolute atomic E-state index is 14.8. The number of benzene rings is 2. The molecule has 4 rings (SSSR count). The summed E-state index contributed by atoms with van der Waals surface area (Å²) in [4.78, 5) is 173. The second kappa shape index (κ2) is 36.0. The molecule has 0 aromatic heterocycles. The van der Waals surface area contributed by atoms with Crippen molar-refractivity contribution in [1.29, 1.82) is 0 Å². The summed E-state index contributed by atoms with van der Waals surface area (Å²) >= 11 is 4.23. The second-order valence-corrected chi connectivity index (χ2v) is 22.7. The number of phenols is 1. The number of likely N-dealkylation sites (tertiary alicyclic amines) is 1. The van der Waals surface area contributed by atoms with E-state index in [0.29, 0.717) is 12.0 Å². The van der Waals surface area contributed by atoms with E-state index in [1.807, 2.05) is 13.8 Å². The molecule has 31 heteroatoms. The van der Waals surface area contributed by atoms with Gasteiger partial charge in [-0.1, -0.05) is 70.5 Å². The lowest BCUT2D eigenvalue weighted by atomic mass is 10.00. The lowest BCUT2D eigenvalue weighted by molar-refractivity contribution is -0.145. The van der Waals surface area contributed by atoms with Crippen LogP contribution >= 0.6 is 12.6 Å². The Bertz CT molecular complexity index is 2870. The van der Waals surface area contributed by atoms with Crippen LogP contribution in [0.4, 0.5) is 4.39 Å². The minimum absolute atomic E-state index is 0.00784. The van der Waals surface area contributed by atoms with Gasteiger partial charge in [0.05, 0.1) is 19.6 Å². The average molecular weight is 1270 g/mol. The maximum atomic E-state index is 14.8. The van der Waals surface area contributed by atoms with Crippen molar-refractivity contribution in [1.82, 2.24) is 57.7 Å². The van der Waals surface area contributed by atoms with Crippen LogP contribution in [0.25, 0.3) is 0 Å². The van der Waals surface area contributed by atoms with Gasteiger partial charge >= 0.3 is 5.97 Å². The van der Waals surface area contributed by atoms with E-state index >= 15 is 0 Å². The van der Waals surface area contributed by atoms with Crippen molar-refractivity contribution >= 4 is 89.5 Å². The summed E-state index contributed by atoms with van der Waals surface area (Å²) in [6.45, 7) is 4.66. The molecule has 2 aliphatic rings. The Morgan fingerprint density at radius 2 is 1.49 bits per heavy atom.